The molecule has 1 unspecified atom stereocenters. The van der Waals surface area contributed by atoms with Crippen LogP contribution >= 0.6 is 23.6 Å². The van der Waals surface area contributed by atoms with E-state index in [0.717, 1.165) is 23.5 Å². The third-order valence-corrected chi connectivity index (χ3v) is 3.85. The first-order valence-corrected chi connectivity index (χ1v) is 7.31. The van der Waals surface area contributed by atoms with Gasteiger partial charge in [-0.2, -0.15) is 0 Å². The monoisotopic (exact) mass is 285 g/mol. The van der Waals surface area contributed by atoms with Crippen molar-refractivity contribution in [1.82, 2.24) is 10.3 Å². The number of aryl methyl sites for hydroxylation is 1. The molecular formula is C12H19N3OS2. The average molecular weight is 285 g/mol. The molecule has 1 aromatic rings. The van der Waals surface area contributed by atoms with Crippen LogP contribution in [0.4, 0.5) is 0 Å². The maximum Gasteiger partial charge on any atom is 0.229 e. The molecule has 0 aliphatic rings. The summed E-state index contributed by atoms with van der Waals surface area (Å²) in [5, 5.41) is 5.91. The minimum absolute atomic E-state index is 0.0716. The third-order valence-electron chi connectivity index (χ3n) is 2.54. The summed E-state index contributed by atoms with van der Waals surface area (Å²) in [6.45, 7) is 4.55. The number of nitrogens with one attached hydrogen (secondary N) is 1. The van der Waals surface area contributed by atoms with E-state index in [1.54, 1.807) is 11.3 Å². The second-order valence-electron chi connectivity index (χ2n) is 4.17. The molecule has 18 heavy (non-hydrogen) atoms. The van der Waals surface area contributed by atoms with Crippen molar-refractivity contribution < 1.29 is 4.79 Å². The normalized spacial score (nSPS) is 12.1. The Hall–Kier alpha value is -1.01. The summed E-state index contributed by atoms with van der Waals surface area (Å²) in [6, 6.07) is 0. The van der Waals surface area contributed by atoms with E-state index in [2.05, 4.69) is 10.3 Å². The van der Waals surface area contributed by atoms with Gasteiger partial charge in [0.05, 0.1) is 15.9 Å². The fourth-order valence-corrected chi connectivity index (χ4v) is 2.63. The van der Waals surface area contributed by atoms with Crippen molar-refractivity contribution in [3.63, 3.8) is 0 Å². The first-order valence-electron chi connectivity index (χ1n) is 6.02. The average Bonchev–Trinajstić information content (AvgIpc) is 2.71. The number of hydrogen-bond acceptors (Lipinski definition) is 4. The Bertz CT molecular complexity index is 417. The quantitative estimate of drug-likeness (QED) is 0.750. The van der Waals surface area contributed by atoms with E-state index in [1.807, 2.05) is 19.2 Å². The van der Waals surface area contributed by atoms with E-state index in [1.165, 1.54) is 0 Å². The molecule has 0 bridgehead atoms. The van der Waals surface area contributed by atoms with Crippen molar-refractivity contribution in [3.05, 3.63) is 16.1 Å². The number of hydrogen-bond donors (Lipinski definition) is 2. The molecule has 1 rings (SSSR count). The maximum atomic E-state index is 11.9. The SMILES string of the molecule is CCCC(C(=O)NCCc1nc(C)cs1)C(N)=S. The van der Waals surface area contributed by atoms with Gasteiger partial charge in [-0.25, -0.2) is 4.98 Å². The van der Waals surface area contributed by atoms with E-state index in [4.69, 9.17) is 18.0 Å². The Morgan fingerprint density at radius 1 is 1.67 bits per heavy atom. The molecule has 0 saturated carbocycles. The molecule has 1 heterocycles. The zero-order chi connectivity index (χ0) is 13.5. The number of thiocarbonyl (C=S) groups is 1. The van der Waals surface area contributed by atoms with Gasteiger partial charge < -0.3 is 11.1 Å². The van der Waals surface area contributed by atoms with Gasteiger partial charge in [-0.05, 0) is 13.3 Å². The second kappa shape index (κ2) is 7.43. The molecule has 1 amide bonds. The van der Waals surface area contributed by atoms with Crippen LogP contribution in [0.5, 0.6) is 0 Å². The highest BCUT2D eigenvalue weighted by Crippen LogP contribution is 2.09. The summed E-state index contributed by atoms with van der Waals surface area (Å²) in [5.41, 5.74) is 6.59. The smallest absolute Gasteiger partial charge is 0.229 e. The van der Waals surface area contributed by atoms with Gasteiger partial charge in [-0.15, -0.1) is 11.3 Å². The summed E-state index contributed by atoms with van der Waals surface area (Å²) in [6.07, 6.45) is 2.35. The van der Waals surface area contributed by atoms with Crippen LogP contribution in [0, 0.1) is 12.8 Å². The van der Waals surface area contributed by atoms with Crippen molar-refractivity contribution in [2.45, 2.75) is 33.1 Å². The molecule has 0 aliphatic carbocycles. The van der Waals surface area contributed by atoms with E-state index < -0.39 is 0 Å². The van der Waals surface area contributed by atoms with Crippen LogP contribution in [0.15, 0.2) is 5.38 Å². The molecule has 0 aliphatic heterocycles. The van der Waals surface area contributed by atoms with E-state index >= 15 is 0 Å². The van der Waals surface area contributed by atoms with Crippen LogP contribution in [0.25, 0.3) is 0 Å². The Balaban J connectivity index is 2.37. The minimum Gasteiger partial charge on any atom is -0.393 e. The molecule has 6 heteroatoms. The highest BCUT2D eigenvalue weighted by molar-refractivity contribution is 7.80. The van der Waals surface area contributed by atoms with Gasteiger partial charge in [0.15, 0.2) is 0 Å². The lowest BCUT2D eigenvalue weighted by molar-refractivity contribution is -0.123. The first-order chi connectivity index (χ1) is 8.54. The van der Waals surface area contributed by atoms with Crippen molar-refractivity contribution in [2.24, 2.45) is 11.7 Å². The predicted octanol–water partition coefficient (Wildman–Crippen LogP) is 1.81. The molecule has 4 nitrogen and oxygen atoms in total. The number of amides is 1. The maximum absolute atomic E-state index is 11.9. The molecule has 0 radical (unpaired) electrons. The number of nitrogens with two attached hydrogens (primary N) is 1. The highest BCUT2D eigenvalue weighted by atomic mass is 32.1. The number of carbonyl (C=O) groups is 1. The molecule has 0 fully saturated rings. The molecule has 0 saturated heterocycles. The number of thiazole rings is 1. The van der Waals surface area contributed by atoms with Gasteiger partial charge in [0, 0.05) is 24.0 Å². The Kier molecular flexibility index (Phi) is 6.21. The van der Waals surface area contributed by atoms with E-state index in [-0.39, 0.29) is 16.8 Å². The van der Waals surface area contributed by atoms with E-state index in [0.29, 0.717) is 13.0 Å². The Morgan fingerprint density at radius 2 is 2.39 bits per heavy atom. The topological polar surface area (TPSA) is 68.0 Å². The Labute approximate surface area is 117 Å². The van der Waals surface area contributed by atoms with Crippen LogP contribution in [0.1, 0.15) is 30.5 Å². The predicted molar refractivity (Wildman–Crippen MR) is 78.7 cm³/mol. The van der Waals surface area contributed by atoms with Gasteiger partial charge in [0.1, 0.15) is 0 Å². The standard InChI is InChI=1S/C12H19N3OS2/c1-3-4-9(11(13)17)12(16)14-6-5-10-15-8(2)7-18-10/h7,9H,3-6H2,1-2H3,(H2,13,17)(H,14,16). The number of carbonyl (C=O) groups excluding carboxylic acids is 1. The summed E-state index contributed by atoms with van der Waals surface area (Å²) >= 11 is 6.53. The van der Waals surface area contributed by atoms with Gasteiger partial charge in [-0.1, -0.05) is 25.6 Å². The Morgan fingerprint density at radius 3 is 2.89 bits per heavy atom. The number of rotatable bonds is 7. The number of aromatic nitrogens is 1. The van der Waals surface area contributed by atoms with Gasteiger partial charge in [0.2, 0.25) is 5.91 Å². The van der Waals surface area contributed by atoms with Crippen molar-refractivity contribution in [3.8, 4) is 0 Å². The fraction of sp³-hybridized carbons (Fsp3) is 0.583. The van der Waals surface area contributed by atoms with Crippen molar-refractivity contribution in [1.29, 1.82) is 0 Å². The van der Waals surface area contributed by atoms with Crippen LogP contribution in [0.3, 0.4) is 0 Å². The molecule has 100 valence electrons. The number of nitrogens with zero attached hydrogens (tertiary/aromatic N) is 1. The molecule has 0 aromatic carbocycles. The van der Waals surface area contributed by atoms with Crippen LogP contribution in [0.2, 0.25) is 0 Å². The lowest BCUT2D eigenvalue weighted by Gasteiger charge is -2.14. The van der Waals surface area contributed by atoms with Crippen LogP contribution in [-0.4, -0.2) is 22.4 Å². The molecule has 3 N–H and O–H groups in total. The molecule has 1 atom stereocenters. The second-order valence-corrected chi connectivity index (χ2v) is 5.58. The molecule has 0 spiro atoms. The van der Waals surface area contributed by atoms with Gasteiger partial charge >= 0.3 is 0 Å². The summed E-state index contributed by atoms with van der Waals surface area (Å²) in [4.78, 5) is 16.5. The molecular weight excluding hydrogens is 266 g/mol. The van der Waals surface area contributed by atoms with Crippen molar-refractivity contribution >= 4 is 34.5 Å². The van der Waals surface area contributed by atoms with Crippen molar-refractivity contribution in [2.75, 3.05) is 6.54 Å². The molecule has 1 aromatic heterocycles. The van der Waals surface area contributed by atoms with Crippen LogP contribution in [-0.2, 0) is 11.2 Å². The summed E-state index contributed by atoms with van der Waals surface area (Å²) < 4.78 is 0. The zero-order valence-corrected chi connectivity index (χ0v) is 12.4. The zero-order valence-electron chi connectivity index (χ0n) is 10.7. The van der Waals surface area contributed by atoms with E-state index in [9.17, 15) is 4.79 Å². The van der Waals surface area contributed by atoms with Crippen LogP contribution < -0.4 is 11.1 Å². The largest absolute Gasteiger partial charge is 0.393 e. The lowest BCUT2D eigenvalue weighted by Crippen LogP contribution is -2.38. The summed E-state index contributed by atoms with van der Waals surface area (Å²) in [7, 11) is 0. The fourth-order valence-electron chi connectivity index (χ4n) is 1.62. The minimum atomic E-state index is -0.344. The third kappa shape index (κ3) is 4.70. The summed E-state index contributed by atoms with van der Waals surface area (Å²) in [5.74, 6) is -0.416. The first kappa shape index (κ1) is 15.0. The van der Waals surface area contributed by atoms with Gasteiger partial charge in [0.25, 0.3) is 0 Å². The highest BCUT2D eigenvalue weighted by Gasteiger charge is 2.19. The van der Waals surface area contributed by atoms with Gasteiger partial charge in [-0.3, -0.25) is 4.79 Å². The lowest BCUT2D eigenvalue weighted by atomic mass is 10.0.